The largest absolute Gasteiger partial charge is 0.463 e. The number of nitrogens with zero attached hydrogens (tertiary/aromatic N) is 2. The standard InChI is InChI=1S/C27H34N4O3/c1-5-34-26(32)24-23(28-27(33)29-25(24)21-11-9-18(2)10-12-21)17-30-13-14-31(20(4)16-30)22-8-6-7-19(3)15-22/h6-12,15,20,25H,5,13-14,16-17H2,1-4H3,(H2,28,29,33)/t20-,25-/m1/s1. The Labute approximate surface area is 201 Å². The van der Waals surface area contributed by atoms with E-state index in [0.717, 1.165) is 30.8 Å². The van der Waals surface area contributed by atoms with Crippen LogP contribution in [0.5, 0.6) is 0 Å². The van der Waals surface area contributed by atoms with Gasteiger partial charge in [0.1, 0.15) is 0 Å². The van der Waals surface area contributed by atoms with E-state index in [1.807, 2.05) is 31.2 Å². The molecule has 7 heteroatoms. The van der Waals surface area contributed by atoms with Gasteiger partial charge in [0.25, 0.3) is 0 Å². The molecule has 2 aliphatic heterocycles. The van der Waals surface area contributed by atoms with Gasteiger partial charge < -0.3 is 20.3 Å². The van der Waals surface area contributed by atoms with E-state index in [1.165, 1.54) is 11.3 Å². The third-order valence-electron chi connectivity index (χ3n) is 6.49. The Kier molecular flexibility index (Phi) is 7.22. The van der Waals surface area contributed by atoms with Crippen LogP contribution in [0.1, 0.15) is 36.6 Å². The molecule has 34 heavy (non-hydrogen) atoms. The molecule has 2 aliphatic rings. The van der Waals surface area contributed by atoms with Gasteiger partial charge in [0.15, 0.2) is 0 Å². The van der Waals surface area contributed by atoms with Gasteiger partial charge in [-0.1, -0.05) is 42.0 Å². The van der Waals surface area contributed by atoms with Gasteiger partial charge in [0, 0.05) is 43.6 Å². The minimum absolute atomic E-state index is 0.274. The summed E-state index contributed by atoms with van der Waals surface area (Å²) < 4.78 is 5.40. The fourth-order valence-corrected chi connectivity index (χ4v) is 4.79. The molecule has 2 aromatic rings. The van der Waals surface area contributed by atoms with E-state index in [0.29, 0.717) is 23.9 Å². The lowest BCUT2D eigenvalue weighted by Gasteiger charge is -2.42. The molecule has 0 aliphatic carbocycles. The fourth-order valence-electron chi connectivity index (χ4n) is 4.79. The van der Waals surface area contributed by atoms with Crippen LogP contribution in [0.3, 0.4) is 0 Å². The third-order valence-corrected chi connectivity index (χ3v) is 6.49. The lowest BCUT2D eigenvalue weighted by Crippen LogP contribution is -2.54. The molecule has 0 aromatic heterocycles. The fraction of sp³-hybridized carbons (Fsp3) is 0.407. The zero-order valence-corrected chi connectivity index (χ0v) is 20.4. The Morgan fingerprint density at radius 3 is 2.53 bits per heavy atom. The molecule has 7 nitrogen and oxygen atoms in total. The Morgan fingerprint density at radius 1 is 1.09 bits per heavy atom. The molecule has 0 unspecified atom stereocenters. The second kappa shape index (κ2) is 10.3. The number of hydrogen-bond acceptors (Lipinski definition) is 5. The molecular weight excluding hydrogens is 428 g/mol. The Bertz CT molecular complexity index is 1080. The normalized spacial score (nSPS) is 21.2. The van der Waals surface area contributed by atoms with E-state index >= 15 is 0 Å². The van der Waals surface area contributed by atoms with E-state index in [1.54, 1.807) is 6.92 Å². The number of urea groups is 1. The van der Waals surface area contributed by atoms with Gasteiger partial charge in [0.2, 0.25) is 0 Å². The number of esters is 1. The number of hydrogen-bond donors (Lipinski definition) is 2. The van der Waals surface area contributed by atoms with Crippen molar-refractivity contribution in [3.63, 3.8) is 0 Å². The van der Waals surface area contributed by atoms with Crippen LogP contribution in [-0.2, 0) is 9.53 Å². The van der Waals surface area contributed by atoms with Crippen LogP contribution in [0.2, 0.25) is 0 Å². The maximum atomic E-state index is 13.0. The lowest BCUT2D eigenvalue weighted by atomic mass is 9.94. The highest BCUT2D eigenvalue weighted by atomic mass is 16.5. The summed E-state index contributed by atoms with van der Waals surface area (Å²) in [4.78, 5) is 30.3. The minimum atomic E-state index is -0.547. The maximum absolute atomic E-state index is 13.0. The smallest absolute Gasteiger partial charge is 0.338 e. The monoisotopic (exact) mass is 462 g/mol. The molecule has 0 bridgehead atoms. The van der Waals surface area contributed by atoms with Gasteiger partial charge in [-0.25, -0.2) is 9.59 Å². The summed E-state index contributed by atoms with van der Waals surface area (Å²) in [6, 6.07) is 15.9. The number of carbonyl (C=O) groups is 2. The molecule has 2 N–H and O–H groups in total. The summed E-state index contributed by atoms with van der Waals surface area (Å²) in [5.41, 5.74) is 5.54. The number of anilines is 1. The van der Waals surface area contributed by atoms with Crippen molar-refractivity contribution in [2.75, 3.05) is 37.7 Å². The molecule has 0 radical (unpaired) electrons. The number of rotatable bonds is 6. The van der Waals surface area contributed by atoms with Crippen molar-refractivity contribution in [1.82, 2.24) is 15.5 Å². The molecule has 2 atom stereocenters. The summed E-state index contributed by atoms with van der Waals surface area (Å²) in [5, 5.41) is 5.82. The number of piperazine rings is 1. The predicted molar refractivity (Wildman–Crippen MR) is 134 cm³/mol. The van der Waals surface area contributed by atoms with Crippen LogP contribution in [0.4, 0.5) is 10.5 Å². The topological polar surface area (TPSA) is 73.9 Å². The van der Waals surface area contributed by atoms with Crippen molar-refractivity contribution in [2.45, 2.75) is 39.8 Å². The Morgan fingerprint density at radius 2 is 1.85 bits per heavy atom. The zero-order valence-electron chi connectivity index (χ0n) is 20.4. The molecule has 2 heterocycles. The summed E-state index contributed by atoms with van der Waals surface area (Å²) in [6.07, 6.45) is 0. The molecule has 180 valence electrons. The van der Waals surface area contributed by atoms with Gasteiger partial charge in [-0.2, -0.15) is 0 Å². The minimum Gasteiger partial charge on any atom is -0.463 e. The van der Waals surface area contributed by atoms with Crippen molar-refractivity contribution < 1.29 is 14.3 Å². The van der Waals surface area contributed by atoms with Crippen LogP contribution in [0.25, 0.3) is 0 Å². The molecule has 2 amide bonds. The average Bonchev–Trinajstić information content (AvgIpc) is 2.79. The molecule has 0 saturated carbocycles. The van der Waals surface area contributed by atoms with Crippen LogP contribution >= 0.6 is 0 Å². The van der Waals surface area contributed by atoms with E-state index in [4.69, 9.17) is 4.74 Å². The highest BCUT2D eigenvalue weighted by Crippen LogP contribution is 2.29. The molecule has 1 saturated heterocycles. The third kappa shape index (κ3) is 5.25. The van der Waals surface area contributed by atoms with Gasteiger partial charge in [-0.3, -0.25) is 4.90 Å². The van der Waals surface area contributed by atoms with Gasteiger partial charge in [0.05, 0.1) is 18.2 Å². The first kappa shape index (κ1) is 23.8. The van der Waals surface area contributed by atoms with Crippen LogP contribution in [-0.4, -0.2) is 55.7 Å². The van der Waals surface area contributed by atoms with Crippen molar-refractivity contribution >= 4 is 17.7 Å². The van der Waals surface area contributed by atoms with E-state index < -0.39 is 12.0 Å². The van der Waals surface area contributed by atoms with Gasteiger partial charge in [-0.15, -0.1) is 0 Å². The van der Waals surface area contributed by atoms with Crippen LogP contribution < -0.4 is 15.5 Å². The number of amides is 2. The first-order valence-corrected chi connectivity index (χ1v) is 12.0. The van der Waals surface area contributed by atoms with Crippen molar-refractivity contribution in [1.29, 1.82) is 0 Å². The van der Waals surface area contributed by atoms with Gasteiger partial charge in [-0.05, 0) is 51.0 Å². The summed E-state index contributed by atoms with van der Waals surface area (Å²) >= 11 is 0. The number of benzene rings is 2. The summed E-state index contributed by atoms with van der Waals surface area (Å²) in [7, 11) is 0. The molecule has 2 aromatic carbocycles. The number of carbonyl (C=O) groups excluding carboxylic acids is 2. The predicted octanol–water partition coefficient (Wildman–Crippen LogP) is 3.69. The number of ether oxygens (including phenoxy) is 1. The molecule has 4 rings (SSSR count). The zero-order chi connectivity index (χ0) is 24.2. The second-order valence-corrected chi connectivity index (χ2v) is 9.17. The first-order valence-electron chi connectivity index (χ1n) is 12.0. The Balaban J connectivity index is 1.58. The van der Waals surface area contributed by atoms with Crippen molar-refractivity contribution in [3.8, 4) is 0 Å². The summed E-state index contributed by atoms with van der Waals surface area (Å²) in [6.45, 7) is 11.4. The quantitative estimate of drug-likeness (QED) is 0.641. The van der Waals surface area contributed by atoms with Crippen molar-refractivity contribution in [2.24, 2.45) is 0 Å². The van der Waals surface area contributed by atoms with Crippen LogP contribution in [0.15, 0.2) is 59.8 Å². The van der Waals surface area contributed by atoms with Gasteiger partial charge >= 0.3 is 12.0 Å². The van der Waals surface area contributed by atoms with Crippen molar-refractivity contribution in [3.05, 3.63) is 76.5 Å². The highest BCUT2D eigenvalue weighted by Gasteiger charge is 2.35. The summed E-state index contributed by atoms with van der Waals surface area (Å²) in [5.74, 6) is -0.401. The lowest BCUT2D eigenvalue weighted by molar-refractivity contribution is -0.139. The van der Waals surface area contributed by atoms with Crippen LogP contribution in [0, 0.1) is 13.8 Å². The SMILES string of the molecule is CCOC(=O)C1=C(CN2CCN(c3cccc(C)c3)[C@H](C)C2)NC(=O)N[C@@H]1c1ccc(C)cc1. The molecule has 1 fully saturated rings. The molecular formula is C27H34N4O3. The average molecular weight is 463 g/mol. The maximum Gasteiger partial charge on any atom is 0.338 e. The number of aryl methyl sites for hydroxylation is 2. The Hall–Kier alpha value is -3.32. The van der Waals surface area contributed by atoms with E-state index in [-0.39, 0.29) is 12.6 Å². The second-order valence-electron chi connectivity index (χ2n) is 9.17. The highest BCUT2D eigenvalue weighted by molar-refractivity contribution is 5.95. The number of nitrogens with one attached hydrogen (secondary N) is 2. The first-order chi connectivity index (χ1) is 16.4. The molecule has 0 spiro atoms. The van der Waals surface area contributed by atoms with E-state index in [9.17, 15) is 9.59 Å². The van der Waals surface area contributed by atoms with E-state index in [2.05, 4.69) is 58.5 Å².